The van der Waals surface area contributed by atoms with Gasteiger partial charge in [-0.25, -0.2) is 0 Å². The number of aliphatic imine (C=N–C) groups is 1. The minimum Gasteiger partial charge on any atom is -0.356 e. The van der Waals surface area contributed by atoms with E-state index in [0.717, 1.165) is 36.1 Å². The summed E-state index contributed by atoms with van der Waals surface area (Å²) in [5.74, 6) is 0.803. The van der Waals surface area contributed by atoms with Crippen molar-refractivity contribution >= 4 is 17.6 Å². The highest BCUT2D eigenvalue weighted by molar-refractivity contribution is 6.30. The molecule has 0 unspecified atom stereocenters. The highest BCUT2D eigenvalue weighted by Gasteiger charge is 2.01. The van der Waals surface area contributed by atoms with Crippen molar-refractivity contribution in [3.63, 3.8) is 0 Å². The van der Waals surface area contributed by atoms with Crippen LogP contribution >= 0.6 is 11.6 Å². The van der Waals surface area contributed by atoms with Crippen LogP contribution in [0.3, 0.4) is 0 Å². The van der Waals surface area contributed by atoms with E-state index in [1.54, 1.807) is 13.2 Å². The molecule has 0 spiro atoms. The van der Waals surface area contributed by atoms with Crippen molar-refractivity contribution < 1.29 is 0 Å². The van der Waals surface area contributed by atoms with Crippen LogP contribution in [0.4, 0.5) is 0 Å². The maximum atomic E-state index is 5.88. The molecule has 22 heavy (non-hydrogen) atoms. The van der Waals surface area contributed by atoms with Gasteiger partial charge in [-0.3, -0.25) is 9.67 Å². The molecule has 0 atom stereocenters. The van der Waals surface area contributed by atoms with Crippen molar-refractivity contribution in [2.75, 3.05) is 13.6 Å². The fourth-order valence-electron chi connectivity index (χ4n) is 2.12. The largest absolute Gasteiger partial charge is 0.356 e. The lowest BCUT2D eigenvalue weighted by molar-refractivity contribution is 0.680. The van der Waals surface area contributed by atoms with Gasteiger partial charge in [0.2, 0.25) is 0 Å². The molecular weight excluding hydrogens is 298 g/mol. The Labute approximate surface area is 136 Å². The lowest BCUT2D eigenvalue weighted by Crippen LogP contribution is -2.37. The van der Waals surface area contributed by atoms with Crippen molar-refractivity contribution in [2.24, 2.45) is 12.0 Å². The third kappa shape index (κ3) is 5.07. The molecule has 0 aliphatic carbocycles. The van der Waals surface area contributed by atoms with E-state index in [0.29, 0.717) is 6.54 Å². The van der Waals surface area contributed by atoms with Crippen molar-refractivity contribution in [3.05, 3.63) is 52.8 Å². The molecule has 0 fully saturated rings. The summed E-state index contributed by atoms with van der Waals surface area (Å²) in [4.78, 5) is 4.22. The lowest BCUT2D eigenvalue weighted by Gasteiger charge is -2.12. The standard InChI is InChI=1S/C16H22ClN5/c1-18-16(20-12-15-9-11-21-22(15)2)19-10-3-4-13-5-7-14(17)8-6-13/h5-9,11H,3-4,10,12H2,1-2H3,(H2,18,19,20). The molecule has 1 aromatic carbocycles. The first-order valence-corrected chi connectivity index (χ1v) is 7.72. The van der Waals surface area contributed by atoms with E-state index in [1.165, 1.54) is 5.56 Å². The number of hydrogen-bond acceptors (Lipinski definition) is 2. The van der Waals surface area contributed by atoms with Crippen molar-refractivity contribution in [2.45, 2.75) is 19.4 Å². The molecule has 0 amide bonds. The Bertz CT molecular complexity index is 603. The minimum absolute atomic E-state index is 0.702. The summed E-state index contributed by atoms with van der Waals surface area (Å²) < 4.78 is 1.85. The molecule has 6 heteroatoms. The average molecular weight is 320 g/mol. The number of benzene rings is 1. The summed E-state index contributed by atoms with van der Waals surface area (Å²) in [6.45, 7) is 1.57. The monoisotopic (exact) mass is 319 g/mol. The van der Waals surface area contributed by atoms with Gasteiger partial charge in [0.15, 0.2) is 5.96 Å². The second-order valence-electron chi connectivity index (χ2n) is 5.03. The highest BCUT2D eigenvalue weighted by Crippen LogP contribution is 2.10. The fraction of sp³-hybridized carbons (Fsp3) is 0.375. The van der Waals surface area contributed by atoms with Crippen LogP contribution in [0, 0.1) is 0 Å². The van der Waals surface area contributed by atoms with Crippen molar-refractivity contribution in [1.82, 2.24) is 20.4 Å². The predicted octanol–water partition coefficient (Wildman–Crippen LogP) is 2.37. The molecule has 0 aliphatic heterocycles. The summed E-state index contributed by atoms with van der Waals surface area (Å²) in [6.07, 6.45) is 3.84. The van der Waals surface area contributed by atoms with Crippen molar-refractivity contribution in [1.29, 1.82) is 0 Å². The average Bonchev–Trinajstić information content (AvgIpc) is 2.93. The van der Waals surface area contributed by atoms with Crippen LogP contribution in [0.1, 0.15) is 17.7 Å². The van der Waals surface area contributed by atoms with Gasteiger partial charge in [-0.2, -0.15) is 5.10 Å². The maximum Gasteiger partial charge on any atom is 0.191 e. The van der Waals surface area contributed by atoms with E-state index >= 15 is 0 Å². The summed E-state index contributed by atoms with van der Waals surface area (Å²) >= 11 is 5.88. The van der Waals surface area contributed by atoms with Crippen LogP contribution in [0.5, 0.6) is 0 Å². The fourth-order valence-corrected chi connectivity index (χ4v) is 2.25. The predicted molar refractivity (Wildman–Crippen MR) is 91.2 cm³/mol. The van der Waals surface area contributed by atoms with Crippen LogP contribution in [0.25, 0.3) is 0 Å². The zero-order valence-electron chi connectivity index (χ0n) is 13.0. The van der Waals surface area contributed by atoms with E-state index < -0.39 is 0 Å². The number of nitrogens with zero attached hydrogens (tertiary/aromatic N) is 3. The van der Waals surface area contributed by atoms with Gasteiger partial charge in [-0.15, -0.1) is 0 Å². The molecule has 0 saturated heterocycles. The van der Waals surface area contributed by atoms with E-state index in [9.17, 15) is 0 Å². The van der Waals surface area contributed by atoms with E-state index in [1.807, 2.05) is 29.9 Å². The van der Waals surface area contributed by atoms with Gasteiger partial charge >= 0.3 is 0 Å². The number of hydrogen-bond donors (Lipinski definition) is 2. The van der Waals surface area contributed by atoms with E-state index in [2.05, 4.69) is 32.9 Å². The highest BCUT2D eigenvalue weighted by atomic mass is 35.5. The molecule has 2 rings (SSSR count). The topological polar surface area (TPSA) is 54.2 Å². The Hall–Kier alpha value is -2.01. The molecule has 0 radical (unpaired) electrons. The Morgan fingerprint density at radius 3 is 2.64 bits per heavy atom. The summed E-state index contributed by atoms with van der Waals surface area (Å²) in [5, 5.41) is 11.5. The molecule has 0 bridgehead atoms. The summed E-state index contributed by atoms with van der Waals surface area (Å²) in [5.41, 5.74) is 2.41. The van der Waals surface area contributed by atoms with Crippen LogP contribution in [-0.4, -0.2) is 29.3 Å². The molecule has 1 aromatic heterocycles. The minimum atomic E-state index is 0.702. The second-order valence-corrected chi connectivity index (χ2v) is 5.47. The number of aryl methyl sites for hydroxylation is 2. The van der Waals surface area contributed by atoms with Gasteiger partial charge in [0.05, 0.1) is 12.2 Å². The Kier molecular flexibility index (Phi) is 6.27. The molecule has 5 nitrogen and oxygen atoms in total. The molecule has 0 saturated carbocycles. The molecule has 0 aliphatic rings. The van der Waals surface area contributed by atoms with Gasteiger partial charge in [-0.1, -0.05) is 23.7 Å². The van der Waals surface area contributed by atoms with Gasteiger partial charge in [0.25, 0.3) is 0 Å². The van der Waals surface area contributed by atoms with Crippen LogP contribution in [-0.2, 0) is 20.0 Å². The molecule has 2 aromatic rings. The molecular formula is C16H22ClN5. The first-order chi connectivity index (χ1) is 10.7. The number of halogens is 1. The van der Waals surface area contributed by atoms with E-state index in [-0.39, 0.29) is 0 Å². The molecule has 1 heterocycles. The first-order valence-electron chi connectivity index (χ1n) is 7.35. The smallest absolute Gasteiger partial charge is 0.191 e. The number of nitrogens with one attached hydrogen (secondary N) is 2. The van der Waals surface area contributed by atoms with Gasteiger partial charge in [0, 0.05) is 31.9 Å². The number of rotatable bonds is 6. The van der Waals surface area contributed by atoms with Crippen LogP contribution in [0.2, 0.25) is 5.02 Å². The molecule has 118 valence electrons. The van der Waals surface area contributed by atoms with Crippen LogP contribution < -0.4 is 10.6 Å². The lowest BCUT2D eigenvalue weighted by atomic mass is 10.1. The zero-order chi connectivity index (χ0) is 15.8. The summed E-state index contributed by atoms with van der Waals surface area (Å²) in [6, 6.07) is 9.98. The van der Waals surface area contributed by atoms with Crippen molar-refractivity contribution in [3.8, 4) is 0 Å². The number of guanidine groups is 1. The third-order valence-electron chi connectivity index (χ3n) is 3.43. The number of aromatic nitrogens is 2. The van der Waals surface area contributed by atoms with Gasteiger partial charge in [-0.05, 0) is 36.6 Å². The van der Waals surface area contributed by atoms with E-state index in [4.69, 9.17) is 11.6 Å². The maximum absolute atomic E-state index is 5.88. The Morgan fingerprint density at radius 2 is 2.00 bits per heavy atom. The first kappa shape index (κ1) is 16.4. The third-order valence-corrected chi connectivity index (χ3v) is 3.68. The van der Waals surface area contributed by atoms with Gasteiger partial charge in [0.1, 0.15) is 0 Å². The summed E-state index contributed by atoms with van der Waals surface area (Å²) in [7, 11) is 3.71. The SMILES string of the molecule is CN=C(NCCCc1ccc(Cl)cc1)NCc1ccnn1C. The quantitative estimate of drug-likeness (QED) is 0.488. The normalized spacial score (nSPS) is 11.5. The second kappa shape index (κ2) is 8.44. The van der Waals surface area contributed by atoms with Gasteiger partial charge < -0.3 is 10.6 Å². The Balaban J connectivity index is 1.68. The zero-order valence-corrected chi connectivity index (χ0v) is 13.8. The molecule has 2 N–H and O–H groups in total. The Morgan fingerprint density at radius 1 is 1.23 bits per heavy atom. The van der Waals surface area contributed by atoms with Crippen LogP contribution in [0.15, 0.2) is 41.5 Å².